The van der Waals surface area contributed by atoms with Crippen LogP contribution in [0.1, 0.15) is 21.9 Å². The predicted molar refractivity (Wildman–Crippen MR) is 113 cm³/mol. The minimum Gasteiger partial charge on any atom is -0.310 e. The number of hydrogen-bond acceptors (Lipinski definition) is 3. The van der Waals surface area contributed by atoms with Crippen LogP contribution in [0.25, 0.3) is 11.3 Å². The van der Waals surface area contributed by atoms with Crippen LogP contribution in [0.2, 0.25) is 10.0 Å². The molecule has 27 heavy (non-hydrogen) atoms. The topological polar surface area (TPSA) is 46.9 Å². The average Bonchev–Trinajstić information content (AvgIpc) is 2.83. The van der Waals surface area contributed by atoms with Crippen molar-refractivity contribution in [1.82, 2.24) is 9.78 Å². The molecule has 138 valence electrons. The van der Waals surface area contributed by atoms with E-state index in [0.29, 0.717) is 21.6 Å². The molecule has 0 spiro atoms. The maximum Gasteiger partial charge on any atom is 0.235 e. The van der Waals surface area contributed by atoms with E-state index < -0.39 is 0 Å². The molecule has 0 saturated carbocycles. The summed E-state index contributed by atoms with van der Waals surface area (Å²) in [6.07, 6.45) is 0. The molecule has 2 heterocycles. The number of amides is 1. The summed E-state index contributed by atoms with van der Waals surface area (Å²) >= 11 is 14.1. The summed E-state index contributed by atoms with van der Waals surface area (Å²) in [5, 5.41) is 8.74. The number of aryl methyl sites for hydroxylation is 2. The lowest BCUT2D eigenvalue weighted by Crippen LogP contribution is -2.15. The van der Waals surface area contributed by atoms with Gasteiger partial charge in [0.15, 0.2) is 0 Å². The maximum atomic E-state index is 12.3. The molecule has 4 nitrogen and oxygen atoms in total. The molecule has 1 N–H and O–H groups in total. The Balaban J connectivity index is 1.94. The monoisotopic (exact) mass is 417 g/mol. The molecule has 3 aromatic rings. The zero-order valence-electron chi connectivity index (χ0n) is 14.8. The maximum absolute atomic E-state index is 12.3. The normalized spacial score (nSPS) is 16.6. The summed E-state index contributed by atoms with van der Waals surface area (Å²) in [6, 6.07) is 13.7. The fraction of sp³-hybridized carbons (Fsp3) is 0.200. The highest BCUT2D eigenvalue weighted by molar-refractivity contribution is 8.00. The second-order valence-electron chi connectivity index (χ2n) is 6.51. The Morgan fingerprint density at radius 1 is 1.19 bits per heavy atom. The number of benzene rings is 2. The molecule has 1 unspecified atom stereocenters. The molecule has 2 aromatic carbocycles. The molecule has 1 aliphatic rings. The number of halogens is 2. The lowest BCUT2D eigenvalue weighted by Gasteiger charge is -2.18. The molecular weight excluding hydrogens is 401 g/mol. The van der Waals surface area contributed by atoms with E-state index in [0.717, 1.165) is 22.4 Å². The average molecular weight is 418 g/mol. The van der Waals surface area contributed by atoms with E-state index in [1.165, 1.54) is 5.56 Å². The number of nitrogens with one attached hydrogen (secondary N) is 1. The van der Waals surface area contributed by atoms with Gasteiger partial charge in [-0.1, -0.05) is 59.1 Å². The Morgan fingerprint density at radius 3 is 2.63 bits per heavy atom. The highest BCUT2D eigenvalue weighted by Crippen LogP contribution is 2.47. The van der Waals surface area contributed by atoms with Crippen molar-refractivity contribution in [3.05, 3.63) is 69.2 Å². The summed E-state index contributed by atoms with van der Waals surface area (Å²) in [7, 11) is 1.84. The molecule has 1 aliphatic heterocycles. The van der Waals surface area contributed by atoms with Crippen molar-refractivity contribution < 1.29 is 4.79 Å². The number of carbonyl (C=O) groups is 1. The molecule has 1 amide bonds. The standard InChI is InChI=1S/C20H17Cl2N3OS/c1-11-3-5-12(6-4-11)18-17-19(14-8-7-13(21)9-15(14)22)27-10-16(26)23-20(17)25(2)24-18/h3-9,19H,10H2,1-2H3,(H,23,26). The Morgan fingerprint density at radius 2 is 1.93 bits per heavy atom. The van der Waals surface area contributed by atoms with Crippen molar-refractivity contribution in [2.45, 2.75) is 12.2 Å². The van der Waals surface area contributed by atoms with Crippen molar-refractivity contribution in [2.24, 2.45) is 7.05 Å². The minimum atomic E-state index is -0.131. The van der Waals surface area contributed by atoms with E-state index in [4.69, 9.17) is 28.3 Å². The van der Waals surface area contributed by atoms with Crippen LogP contribution in [0.5, 0.6) is 0 Å². The highest BCUT2D eigenvalue weighted by atomic mass is 35.5. The summed E-state index contributed by atoms with van der Waals surface area (Å²) in [6.45, 7) is 2.05. The molecule has 7 heteroatoms. The van der Waals surface area contributed by atoms with Crippen molar-refractivity contribution in [3.63, 3.8) is 0 Å². The molecule has 0 radical (unpaired) electrons. The quantitative estimate of drug-likeness (QED) is 0.600. The number of aromatic nitrogens is 2. The fourth-order valence-corrected chi connectivity index (χ4v) is 4.98. The molecule has 1 aromatic heterocycles. The van der Waals surface area contributed by atoms with Gasteiger partial charge in [-0.3, -0.25) is 9.48 Å². The van der Waals surface area contributed by atoms with Crippen LogP contribution >= 0.6 is 35.0 Å². The van der Waals surface area contributed by atoms with Crippen molar-refractivity contribution in [1.29, 1.82) is 0 Å². The highest BCUT2D eigenvalue weighted by Gasteiger charge is 2.32. The van der Waals surface area contributed by atoms with Crippen LogP contribution in [0, 0.1) is 6.92 Å². The number of carbonyl (C=O) groups excluding carboxylic acids is 1. The molecule has 0 bridgehead atoms. The van der Waals surface area contributed by atoms with Crippen molar-refractivity contribution in [3.8, 4) is 11.3 Å². The van der Waals surface area contributed by atoms with Crippen LogP contribution in [0.3, 0.4) is 0 Å². The first-order valence-corrected chi connectivity index (χ1v) is 10.2. The van der Waals surface area contributed by atoms with Gasteiger partial charge in [-0.25, -0.2) is 0 Å². The molecule has 0 fully saturated rings. The van der Waals surface area contributed by atoms with Gasteiger partial charge < -0.3 is 5.32 Å². The molecule has 0 aliphatic carbocycles. The largest absolute Gasteiger partial charge is 0.310 e. The second-order valence-corrected chi connectivity index (χ2v) is 8.44. The van der Waals surface area contributed by atoms with Gasteiger partial charge in [0.2, 0.25) is 5.91 Å². The van der Waals surface area contributed by atoms with Gasteiger partial charge in [0, 0.05) is 28.2 Å². The van der Waals surface area contributed by atoms with Crippen LogP contribution < -0.4 is 5.32 Å². The first kappa shape index (κ1) is 18.4. The Hall–Kier alpha value is -1.95. The third-order valence-electron chi connectivity index (χ3n) is 4.55. The number of thioether (sulfide) groups is 1. The van der Waals surface area contributed by atoms with Crippen molar-refractivity contribution in [2.75, 3.05) is 11.1 Å². The zero-order chi connectivity index (χ0) is 19.1. The Labute approximate surface area is 171 Å². The van der Waals surface area contributed by atoms with Gasteiger partial charge in [0.05, 0.1) is 16.7 Å². The third kappa shape index (κ3) is 3.47. The van der Waals surface area contributed by atoms with Gasteiger partial charge in [0.25, 0.3) is 0 Å². The van der Waals surface area contributed by atoms with E-state index in [-0.39, 0.29) is 11.2 Å². The van der Waals surface area contributed by atoms with Crippen molar-refractivity contribution >= 4 is 46.7 Å². The van der Waals surface area contributed by atoms with E-state index in [1.54, 1.807) is 22.5 Å². The molecule has 1 atom stereocenters. The van der Waals surface area contributed by atoms with Gasteiger partial charge >= 0.3 is 0 Å². The predicted octanol–water partition coefficient (Wildman–Crippen LogP) is 5.48. The van der Waals surface area contributed by atoms with Gasteiger partial charge in [-0.05, 0) is 24.6 Å². The lowest BCUT2D eigenvalue weighted by molar-refractivity contribution is -0.113. The van der Waals surface area contributed by atoms with Crippen LogP contribution in [0.4, 0.5) is 5.82 Å². The lowest BCUT2D eigenvalue weighted by atomic mass is 9.99. The van der Waals surface area contributed by atoms with Crippen LogP contribution in [-0.4, -0.2) is 21.4 Å². The van der Waals surface area contributed by atoms with E-state index in [2.05, 4.69) is 36.5 Å². The molecular formula is C20H17Cl2N3OS. The van der Waals surface area contributed by atoms with Gasteiger partial charge in [-0.2, -0.15) is 5.10 Å². The summed E-state index contributed by atoms with van der Waals surface area (Å²) in [5.41, 5.74) is 4.91. The number of nitrogens with zero attached hydrogens (tertiary/aromatic N) is 2. The number of fused-ring (bicyclic) bond motifs is 1. The van der Waals surface area contributed by atoms with E-state index in [9.17, 15) is 4.79 Å². The van der Waals surface area contributed by atoms with E-state index >= 15 is 0 Å². The van der Waals surface area contributed by atoms with Crippen LogP contribution in [0.15, 0.2) is 42.5 Å². The first-order chi connectivity index (χ1) is 12.9. The second kappa shape index (κ2) is 7.23. The summed E-state index contributed by atoms with van der Waals surface area (Å²) < 4.78 is 1.73. The van der Waals surface area contributed by atoms with Crippen LogP contribution in [-0.2, 0) is 11.8 Å². The molecule has 0 saturated heterocycles. The summed E-state index contributed by atoms with van der Waals surface area (Å²) in [4.78, 5) is 12.3. The number of hydrogen-bond donors (Lipinski definition) is 1. The molecule has 4 rings (SSSR count). The Bertz CT molecular complexity index is 1030. The van der Waals surface area contributed by atoms with E-state index in [1.807, 2.05) is 19.2 Å². The smallest absolute Gasteiger partial charge is 0.235 e. The minimum absolute atomic E-state index is 0.0488. The number of rotatable bonds is 2. The zero-order valence-corrected chi connectivity index (χ0v) is 17.1. The fourth-order valence-electron chi connectivity index (χ4n) is 3.23. The Kier molecular flexibility index (Phi) is 4.93. The van der Waals surface area contributed by atoms with Gasteiger partial charge in [0.1, 0.15) is 5.82 Å². The number of anilines is 1. The first-order valence-electron chi connectivity index (χ1n) is 8.44. The van der Waals surface area contributed by atoms with Gasteiger partial charge in [-0.15, -0.1) is 11.8 Å². The SMILES string of the molecule is Cc1ccc(-c2nn(C)c3c2C(c2ccc(Cl)cc2Cl)SCC(=O)N3)cc1. The summed E-state index contributed by atoms with van der Waals surface area (Å²) in [5.74, 6) is 0.995. The third-order valence-corrected chi connectivity index (χ3v) is 6.37.